The van der Waals surface area contributed by atoms with Crippen molar-refractivity contribution in [3.8, 4) is 11.5 Å². The highest BCUT2D eigenvalue weighted by Crippen LogP contribution is 2.26. The summed E-state index contributed by atoms with van der Waals surface area (Å²) < 4.78 is 5.08. The van der Waals surface area contributed by atoms with E-state index in [9.17, 15) is 15.0 Å². The zero-order chi connectivity index (χ0) is 19.2. The van der Waals surface area contributed by atoms with E-state index >= 15 is 0 Å². The lowest BCUT2D eigenvalue weighted by molar-refractivity contribution is 0.141. The van der Waals surface area contributed by atoms with Crippen molar-refractivity contribution in [1.82, 2.24) is 4.90 Å². The van der Waals surface area contributed by atoms with Crippen LogP contribution in [0.15, 0.2) is 18.2 Å². The summed E-state index contributed by atoms with van der Waals surface area (Å²) in [6.07, 6.45) is 11.4. The number of phenolic OH excluding ortho intramolecular Hbond substituents is 1. The van der Waals surface area contributed by atoms with E-state index in [2.05, 4.69) is 6.92 Å². The summed E-state index contributed by atoms with van der Waals surface area (Å²) in [5, 5.41) is 19.0. The van der Waals surface area contributed by atoms with Gasteiger partial charge in [-0.2, -0.15) is 0 Å². The Hall–Kier alpha value is -1.91. The van der Waals surface area contributed by atoms with E-state index < -0.39 is 6.09 Å². The number of methoxy groups -OCH3 is 1. The summed E-state index contributed by atoms with van der Waals surface area (Å²) in [7, 11) is 1.48. The number of hydrogen-bond donors (Lipinski definition) is 2. The summed E-state index contributed by atoms with van der Waals surface area (Å²) in [6.45, 7) is 3.08. The molecule has 0 saturated carbocycles. The van der Waals surface area contributed by atoms with Crippen LogP contribution in [-0.4, -0.2) is 34.9 Å². The summed E-state index contributed by atoms with van der Waals surface area (Å²) >= 11 is 0. The third-order valence-corrected chi connectivity index (χ3v) is 4.67. The highest BCUT2D eigenvalue weighted by Gasteiger charge is 2.13. The molecule has 0 fully saturated rings. The molecule has 148 valence electrons. The fraction of sp³-hybridized carbons (Fsp3) is 0.667. The van der Waals surface area contributed by atoms with Gasteiger partial charge in [-0.3, -0.25) is 0 Å². The van der Waals surface area contributed by atoms with Gasteiger partial charge >= 0.3 is 6.09 Å². The Morgan fingerprint density at radius 1 is 1.00 bits per heavy atom. The SMILES string of the molecule is CCCCCCCCCCCCN(Cc1ccc(O)c(OC)c1)C(=O)O. The predicted molar refractivity (Wildman–Crippen MR) is 105 cm³/mol. The van der Waals surface area contributed by atoms with E-state index in [1.54, 1.807) is 12.1 Å². The Labute approximate surface area is 158 Å². The molecule has 0 bridgehead atoms. The molecule has 1 rings (SSSR count). The highest BCUT2D eigenvalue weighted by molar-refractivity contribution is 5.65. The number of carboxylic acid groups (broad SMARTS) is 1. The second-order valence-electron chi connectivity index (χ2n) is 6.89. The molecule has 1 aromatic rings. The van der Waals surface area contributed by atoms with Gasteiger partial charge in [0.1, 0.15) is 0 Å². The van der Waals surface area contributed by atoms with Crippen LogP contribution in [0, 0.1) is 0 Å². The third-order valence-electron chi connectivity index (χ3n) is 4.67. The Balaban J connectivity index is 2.24. The number of benzene rings is 1. The van der Waals surface area contributed by atoms with E-state index in [0.29, 0.717) is 18.8 Å². The lowest BCUT2D eigenvalue weighted by Crippen LogP contribution is -2.29. The minimum atomic E-state index is -0.909. The van der Waals surface area contributed by atoms with E-state index in [-0.39, 0.29) is 5.75 Å². The maximum atomic E-state index is 11.5. The quantitative estimate of drug-likeness (QED) is 0.409. The second-order valence-corrected chi connectivity index (χ2v) is 6.89. The molecule has 0 unspecified atom stereocenters. The Kier molecular flexibility index (Phi) is 11.3. The van der Waals surface area contributed by atoms with E-state index in [4.69, 9.17) is 4.74 Å². The first kappa shape index (κ1) is 22.1. The number of nitrogens with zero attached hydrogens (tertiary/aromatic N) is 1. The van der Waals surface area contributed by atoms with Gasteiger partial charge in [-0.05, 0) is 24.1 Å². The van der Waals surface area contributed by atoms with Crippen molar-refractivity contribution in [1.29, 1.82) is 0 Å². The van der Waals surface area contributed by atoms with E-state index in [1.807, 2.05) is 0 Å². The molecule has 0 saturated heterocycles. The van der Waals surface area contributed by atoms with Gasteiger partial charge in [0.15, 0.2) is 11.5 Å². The number of carbonyl (C=O) groups is 1. The topological polar surface area (TPSA) is 70.0 Å². The van der Waals surface area contributed by atoms with E-state index in [1.165, 1.54) is 69.4 Å². The van der Waals surface area contributed by atoms with Crippen LogP contribution in [0.5, 0.6) is 11.5 Å². The molecule has 0 spiro atoms. The Bertz CT molecular complexity index is 519. The first-order valence-corrected chi connectivity index (χ1v) is 9.92. The molecule has 0 aliphatic rings. The number of ether oxygens (including phenoxy) is 1. The first-order chi connectivity index (χ1) is 12.6. The van der Waals surface area contributed by atoms with Gasteiger partial charge in [0.25, 0.3) is 0 Å². The fourth-order valence-electron chi connectivity index (χ4n) is 3.07. The van der Waals surface area contributed by atoms with Gasteiger partial charge in [-0.25, -0.2) is 4.79 Å². The Morgan fingerprint density at radius 3 is 2.12 bits per heavy atom. The standard InChI is InChI=1S/C21H35NO4/c1-3-4-5-6-7-8-9-10-11-12-15-22(21(24)25)17-18-13-14-19(23)20(16-18)26-2/h13-14,16,23H,3-12,15,17H2,1-2H3,(H,24,25). The van der Waals surface area contributed by atoms with Crippen LogP contribution < -0.4 is 4.74 Å². The number of hydrogen-bond acceptors (Lipinski definition) is 3. The van der Waals surface area contributed by atoms with Gasteiger partial charge in [-0.15, -0.1) is 0 Å². The van der Waals surface area contributed by atoms with Crippen LogP contribution in [0.25, 0.3) is 0 Å². The number of phenols is 1. The number of amides is 1. The average Bonchev–Trinajstić information content (AvgIpc) is 2.63. The highest BCUT2D eigenvalue weighted by atomic mass is 16.5. The molecule has 0 radical (unpaired) electrons. The molecule has 0 aliphatic heterocycles. The lowest BCUT2D eigenvalue weighted by atomic mass is 10.1. The van der Waals surface area contributed by atoms with Gasteiger partial charge in [-0.1, -0.05) is 70.8 Å². The van der Waals surface area contributed by atoms with Gasteiger partial charge in [0.05, 0.1) is 7.11 Å². The molecule has 5 heteroatoms. The van der Waals surface area contributed by atoms with Crippen molar-refractivity contribution in [3.05, 3.63) is 23.8 Å². The second kappa shape index (κ2) is 13.3. The van der Waals surface area contributed by atoms with Crippen LogP contribution in [0.4, 0.5) is 4.79 Å². The van der Waals surface area contributed by atoms with Crippen LogP contribution in [0.3, 0.4) is 0 Å². The van der Waals surface area contributed by atoms with Crippen molar-refractivity contribution < 1.29 is 19.7 Å². The molecule has 0 aromatic heterocycles. The van der Waals surface area contributed by atoms with Crippen molar-refractivity contribution in [3.63, 3.8) is 0 Å². The van der Waals surface area contributed by atoms with Crippen LogP contribution >= 0.6 is 0 Å². The summed E-state index contributed by atoms with van der Waals surface area (Å²) in [5.74, 6) is 0.430. The van der Waals surface area contributed by atoms with Gasteiger partial charge < -0.3 is 19.8 Å². The minimum absolute atomic E-state index is 0.0628. The van der Waals surface area contributed by atoms with Crippen molar-refractivity contribution in [2.24, 2.45) is 0 Å². The number of aromatic hydroxyl groups is 1. The van der Waals surface area contributed by atoms with Crippen LogP contribution in [0.1, 0.15) is 76.7 Å². The zero-order valence-corrected chi connectivity index (χ0v) is 16.4. The average molecular weight is 366 g/mol. The molecule has 1 amide bonds. The molecule has 0 aliphatic carbocycles. The number of rotatable bonds is 14. The lowest BCUT2D eigenvalue weighted by Gasteiger charge is -2.19. The monoisotopic (exact) mass is 365 g/mol. The molecule has 0 atom stereocenters. The smallest absolute Gasteiger partial charge is 0.407 e. The Morgan fingerprint density at radius 2 is 1.58 bits per heavy atom. The van der Waals surface area contributed by atoms with Crippen molar-refractivity contribution >= 4 is 6.09 Å². The molecule has 2 N–H and O–H groups in total. The molecule has 26 heavy (non-hydrogen) atoms. The van der Waals surface area contributed by atoms with Crippen LogP contribution in [-0.2, 0) is 6.54 Å². The maximum absolute atomic E-state index is 11.5. The molecular formula is C21H35NO4. The summed E-state index contributed by atoms with van der Waals surface area (Å²) in [5.41, 5.74) is 0.814. The maximum Gasteiger partial charge on any atom is 0.407 e. The molecule has 0 heterocycles. The fourth-order valence-corrected chi connectivity index (χ4v) is 3.07. The van der Waals surface area contributed by atoms with Crippen molar-refractivity contribution in [2.75, 3.05) is 13.7 Å². The predicted octanol–water partition coefficient (Wildman–Crippen LogP) is 5.80. The van der Waals surface area contributed by atoms with Crippen molar-refractivity contribution in [2.45, 2.75) is 77.7 Å². The number of unbranched alkanes of at least 4 members (excludes halogenated alkanes) is 9. The van der Waals surface area contributed by atoms with Gasteiger partial charge in [0.2, 0.25) is 0 Å². The molecule has 1 aromatic carbocycles. The normalized spacial score (nSPS) is 10.7. The van der Waals surface area contributed by atoms with Crippen LogP contribution in [0.2, 0.25) is 0 Å². The molecule has 5 nitrogen and oxygen atoms in total. The van der Waals surface area contributed by atoms with E-state index in [0.717, 1.165) is 18.4 Å². The molecular weight excluding hydrogens is 330 g/mol. The first-order valence-electron chi connectivity index (χ1n) is 9.92. The van der Waals surface area contributed by atoms with Gasteiger partial charge in [0, 0.05) is 13.1 Å². The third kappa shape index (κ3) is 8.97. The minimum Gasteiger partial charge on any atom is -0.504 e. The summed E-state index contributed by atoms with van der Waals surface area (Å²) in [6, 6.07) is 4.95. The zero-order valence-electron chi connectivity index (χ0n) is 16.4. The summed E-state index contributed by atoms with van der Waals surface area (Å²) in [4.78, 5) is 12.9. The largest absolute Gasteiger partial charge is 0.504 e.